The Hall–Kier alpha value is -1.42. The van der Waals surface area contributed by atoms with Crippen LogP contribution in [0.3, 0.4) is 0 Å². The molecule has 0 aliphatic carbocycles. The fourth-order valence-electron chi connectivity index (χ4n) is 2.00. The molecule has 1 aliphatic rings. The van der Waals surface area contributed by atoms with E-state index in [-0.39, 0.29) is 6.10 Å². The average molecular weight is 222 g/mol. The number of rotatable bonds is 3. The zero-order valence-corrected chi connectivity index (χ0v) is 9.77. The lowest BCUT2D eigenvalue weighted by molar-refractivity contribution is 0.212. The Morgan fingerprint density at radius 2 is 2.38 bits per heavy atom. The molecule has 0 bridgehead atoms. The van der Waals surface area contributed by atoms with Crippen molar-refractivity contribution in [1.29, 1.82) is 0 Å². The Bertz CT molecular complexity index is 368. The van der Waals surface area contributed by atoms with Gasteiger partial charge in [-0.25, -0.2) is 0 Å². The van der Waals surface area contributed by atoms with E-state index in [2.05, 4.69) is 11.8 Å². The molecule has 0 aromatic heterocycles. The maximum Gasteiger partial charge on any atom is 0.143 e. The highest BCUT2D eigenvalue weighted by atomic mass is 16.5. The topological polar surface area (TPSA) is 47.7 Å². The van der Waals surface area contributed by atoms with Crippen LogP contribution >= 0.6 is 0 Å². The van der Waals surface area contributed by atoms with Gasteiger partial charge in [0.15, 0.2) is 0 Å². The van der Waals surface area contributed by atoms with Crippen LogP contribution in [0.25, 0.3) is 0 Å². The van der Waals surface area contributed by atoms with E-state index in [9.17, 15) is 0 Å². The van der Waals surface area contributed by atoms with Gasteiger partial charge in [-0.1, -0.05) is 0 Å². The number of anilines is 1. The maximum absolute atomic E-state index is 5.77. The van der Waals surface area contributed by atoms with E-state index in [1.165, 1.54) is 0 Å². The molecule has 1 aromatic carbocycles. The van der Waals surface area contributed by atoms with Crippen LogP contribution in [0.2, 0.25) is 0 Å². The van der Waals surface area contributed by atoms with Crippen molar-refractivity contribution in [1.82, 2.24) is 0 Å². The molecule has 0 fully saturated rings. The lowest BCUT2D eigenvalue weighted by Gasteiger charge is -2.34. The summed E-state index contributed by atoms with van der Waals surface area (Å²) in [4.78, 5) is 2.24. The van der Waals surface area contributed by atoms with Crippen LogP contribution < -0.4 is 20.1 Å². The Morgan fingerprint density at radius 1 is 1.56 bits per heavy atom. The Labute approximate surface area is 95.9 Å². The zero-order valence-electron chi connectivity index (χ0n) is 9.77. The van der Waals surface area contributed by atoms with Gasteiger partial charge in [-0.15, -0.1) is 0 Å². The lowest BCUT2D eigenvalue weighted by Crippen LogP contribution is -2.40. The summed E-state index contributed by atoms with van der Waals surface area (Å²) in [6, 6.07) is 5.86. The van der Waals surface area contributed by atoms with Gasteiger partial charge in [0.2, 0.25) is 0 Å². The first-order valence-corrected chi connectivity index (χ1v) is 5.54. The molecule has 0 amide bonds. The largest absolute Gasteiger partial charge is 0.497 e. The number of nitrogens with zero attached hydrogens (tertiary/aromatic N) is 1. The molecule has 1 aliphatic heterocycles. The van der Waals surface area contributed by atoms with Crippen molar-refractivity contribution in [2.24, 2.45) is 5.73 Å². The highest BCUT2D eigenvalue weighted by molar-refractivity contribution is 5.63. The molecule has 0 spiro atoms. The predicted octanol–water partition coefficient (Wildman–Crippen LogP) is 1.24. The zero-order chi connectivity index (χ0) is 11.5. The normalized spacial score (nSPS) is 18.9. The Balaban J connectivity index is 2.33. The maximum atomic E-state index is 5.77. The van der Waals surface area contributed by atoms with Crippen LogP contribution in [0.4, 0.5) is 5.69 Å². The van der Waals surface area contributed by atoms with Gasteiger partial charge in [0.1, 0.15) is 17.6 Å². The molecule has 0 radical (unpaired) electrons. The molecule has 1 aromatic rings. The van der Waals surface area contributed by atoms with Crippen molar-refractivity contribution in [3.63, 3.8) is 0 Å². The van der Waals surface area contributed by atoms with Crippen LogP contribution in [0.5, 0.6) is 11.5 Å². The molecule has 4 nitrogen and oxygen atoms in total. The minimum atomic E-state index is 0.201. The van der Waals surface area contributed by atoms with E-state index in [1.807, 2.05) is 18.2 Å². The monoisotopic (exact) mass is 222 g/mol. The number of fused-ring (bicyclic) bond motifs is 1. The molecular formula is C12H18N2O2. The van der Waals surface area contributed by atoms with Crippen molar-refractivity contribution in [3.8, 4) is 11.5 Å². The SMILES string of the molecule is COc1ccc2c(c1)N(CCN)CC(C)O2. The van der Waals surface area contributed by atoms with Gasteiger partial charge >= 0.3 is 0 Å². The summed E-state index contributed by atoms with van der Waals surface area (Å²) in [6.45, 7) is 4.42. The third-order valence-electron chi connectivity index (χ3n) is 2.71. The van der Waals surface area contributed by atoms with E-state index in [1.54, 1.807) is 7.11 Å². The van der Waals surface area contributed by atoms with Crippen molar-refractivity contribution in [3.05, 3.63) is 18.2 Å². The van der Waals surface area contributed by atoms with Crippen molar-refractivity contribution in [2.75, 3.05) is 31.6 Å². The van der Waals surface area contributed by atoms with E-state index in [4.69, 9.17) is 15.2 Å². The quantitative estimate of drug-likeness (QED) is 0.836. The van der Waals surface area contributed by atoms with Gasteiger partial charge in [-0.2, -0.15) is 0 Å². The van der Waals surface area contributed by atoms with E-state index in [0.717, 1.165) is 30.3 Å². The molecule has 0 saturated carbocycles. The molecule has 2 rings (SSSR count). The third-order valence-corrected chi connectivity index (χ3v) is 2.71. The van der Waals surface area contributed by atoms with Crippen LogP contribution in [0.15, 0.2) is 18.2 Å². The van der Waals surface area contributed by atoms with Crippen molar-refractivity contribution in [2.45, 2.75) is 13.0 Å². The number of benzene rings is 1. The summed E-state index contributed by atoms with van der Waals surface area (Å²) in [5.41, 5.74) is 6.69. The molecule has 16 heavy (non-hydrogen) atoms. The first-order valence-electron chi connectivity index (χ1n) is 5.54. The summed E-state index contributed by atoms with van der Waals surface area (Å²) in [6.07, 6.45) is 0.201. The van der Waals surface area contributed by atoms with Gasteiger partial charge < -0.3 is 20.1 Å². The fraction of sp³-hybridized carbons (Fsp3) is 0.500. The number of nitrogens with two attached hydrogens (primary N) is 1. The second-order valence-electron chi connectivity index (χ2n) is 4.00. The fourth-order valence-corrected chi connectivity index (χ4v) is 2.00. The minimum absolute atomic E-state index is 0.201. The van der Waals surface area contributed by atoms with Gasteiger partial charge in [-0.05, 0) is 19.1 Å². The Kier molecular flexibility index (Phi) is 3.19. The highest BCUT2D eigenvalue weighted by Gasteiger charge is 2.22. The third kappa shape index (κ3) is 2.07. The smallest absolute Gasteiger partial charge is 0.143 e. The molecule has 0 saturated heterocycles. The second kappa shape index (κ2) is 4.61. The minimum Gasteiger partial charge on any atom is -0.497 e. The van der Waals surface area contributed by atoms with Crippen molar-refractivity contribution >= 4 is 5.69 Å². The van der Waals surface area contributed by atoms with Gasteiger partial charge in [0, 0.05) is 19.2 Å². The number of hydrogen-bond acceptors (Lipinski definition) is 4. The van der Waals surface area contributed by atoms with Crippen LogP contribution in [0.1, 0.15) is 6.92 Å². The molecule has 1 atom stereocenters. The summed E-state index contributed by atoms with van der Waals surface area (Å²) in [7, 11) is 1.67. The van der Waals surface area contributed by atoms with E-state index in [0.29, 0.717) is 6.54 Å². The molecular weight excluding hydrogens is 204 g/mol. The summed E-state index contributed by atoms with van der Waals surface area (Å²) < 4.78 is 11.0. The number of methoxy groups -OCH3 is 1. The number of ether oxygens (including phenoxy) is 2. The first-order chi connectivity index (χ1) is 7.74. The number of hydrogen-bond donors (Lipinski definition) is 1. The van der Waals surface area contributed by atoms with Crippen LogP contribution in [-0.2, 0) is 0 Å². The molecule has 1 heterocycles. The summed E-state index contributed by atoms with van der Waals surface area (Å²) >= 11 is 0. The van der Waals surface area contributed by atoms with Crippen molar-refractivity contribution < 1.29 is 9.47 Å². The predicted molar refractivity (Wildman–Crippen MR) is 64.4 cm³/mol. The summed E-state index contributed by atoms with van der Waals surface area (Å²) in [5, 5.41) is 0. The molecule has 4 heteroatoms. The molecule has 2 N–H and O–H groups in total. The highest BCUT2D eigenvalue weighted by Crippen LogP contribution is 2.36. The molecule has 88 valence electrons. The summed E-state index contributed by atoms with van der Waals surface area (Å²) in [5.74, 6) is 1.76. The lowest BCUT2D eigenvalue weighted by atomic mass is 10.2. The van der Waals surface area contributed by atoms with E-state index >= 15 is 0 Å². The average Bonchev–Trinajstić information content (AvgIpc) is 2.29. The Morgan fingerprint density at radius 3 is 3.06 bits per heavy atom. The van der Waals surface area contributed by atoms with E-state index < -0.39 is 0 Å². The van der Waals surface area contributed by atoms with Gasteiger partial charge in [0.25, 0.3) is 0 Å². The first kappa shape index (κ1) is 11.1. The van der Waals surface area contributed by atoms with Crippen LogP contribution in [-0.4, -0.2) is 32.8 Å². The van der Waals surface area contributed by atoms with Gasteiger partial charge in [0.05, 0.1) is 19.3 Å². The van der Waals surface area contributed by atoms with Gasteiger partial charge in [-0.3, -0.25) is 0 Å². The standard InChI is InChI=1S/C12H18N2O2/c1-9-8-14(6-5-13)11-7-10(15-2)3-4-12(11)16-9/h3-4,7,9H,5-6,8,13H2,1-2H3. The second-order valence-corrected chi connectivity index (χ2v) is 4.00. The molecule has 1 unspecified atom stereocenters. The van der Waals surface area contributed by atoms with Crippen LogP contribution in [0, 0.1) is 0 Å².